The van der Waals surface area contributed by atoms with Crippen molar-refractivity contribution in [2.24, 2.45) is 0 Å². The zero-order valence-electron chi connectivity index (χ0n) is 9.89. The van der Waals surface area contributed by atoms with Crippen LogP contribution < -0.4 is 5.36 Å². The molecule has 0 unspecified atom stereocenters. The van der Waals surface area contributed by atoms with E-state index < -0.39 is 0 Å². The van der Waals surface area contributed by atoms with E-state index in [1.165, 1.54) is 5.56 Å². The van der Waals surface area contributed by atoms with Crippen LogP contribution in [-0.4, -0.2) is 4.57 Å². The average molecular weight is 293 g/mol. The van der Waals surface area contributed by atoms with E-state index in [0.29, 0.717) is 5.36 Å². The highest BCUT2D eigenvalue weighted by Gasteiger charge is 1.95. The topological polar surface area (TPSA) is 28.8 Å². The van der Waals surface area contributed by atoms with Crippen LogP contribution in [0.2, 0.25) is 0 Å². The first-order chi connectivity index (χ1) is 7.75. The molecule has 1 heterocycles. The van der Waals surface area contributed by atoms with E-state index in [9.17, 15) is 0 Å². The molecular weight excluding hydrogens is 276 g/mol. The van der Waals surface area contributed by atoms with Gasteiger partial charge in [0.2, 0.25) is 0 Å². The molecule has 3 heteroatoms. The zero-order chi connectivity index (χ0) is 11.4. The summed E-state index contributed by atoms with van der Waals surface area (Å²) >= 11 is 0. The van der Waals surface area contributed by atoms with Crippen LogP contribution in [-0.2, 0) is 13.0 Å². The highest BCUT2D eigenvalue weighted by atomic mass is 79.9. The van der Waals surface area contributed by atoms with Crippen molar-refractivity contribution in [3.05, 3.63) is 65.3 Å². The largest absolute Gasteiger partial charge is 0.351 e. The Balaban J connectivity index is 0.00000144. The molecule has 2 nitrogen and oxygen atoms in total. The molecule has 0 saturated heterocycles. The fraction of sp³-hybridized carbons (Fsp3) is 0.214. The van der Waals surface area contributed by atoms with Gasteiger partial charge in [-0.15, -0.1) is 17.0 Å². The van der Waals surface area contributed by atoms with Gasteiger partial charge in [0.05, 0.1) is 5.36 Å². The highest BCUT2D eigenvalue weighted by Crippen LogP contribution is 2.03. The van der Waals surface area contributed by atoms with Crippen LogP contribution >= 0.6 is 17.0 Å². The van der Waals surface area contributed by atoms with Crippen molar-refractivity contribution >= 4 is 17.0 Å². The number of halogens is 1. The van der Waals surface area contributed by atoms with Gasteiger partial charge in [-0.05, 0) is 31.0 Å². The van der Waals surface area contributed by atoms with Crippen LogP contribution in [0.15, 0.2) is 48.7 Å². The summed E-state index contributed by atoms with van der Waals surface area (Å²) in [5.74, 6) is 0. The molecule has 0 amide bonds. The molecule has 1 N–H and O–H groups in total. The van der Waals surface area contributed by atoms with Crippen LogP contribution in [0.5, 0.6) is 0 Å². The SMILES string of the molecule is Br.Cc1cc(=N)ccn1CCc1ccccc1. The van der Waals surface area contributed by atoms with Gasteiger partial charge in [-0.25, -0.2) is 0 Å². The maximum atomic E-state index is 7.52. The normalized spacial score (nSPS) is 9.71. The quantitative estimate of drug-likeness (QED) is 0.901. The van der Waals surface area contributed by atoms with Gasteiger partial charge in [-0.1, -0.05) is 30.3 Å². The van der Waals surface area contributed by atoms with Crippen molar-refractivity contribution in [2.75, 3.05) is 0 Å². The molecule has 0 atom stereocenters. The Hall–Kier alpha value is -1.35. The number of aromatic nitrogens is 1. The van der Waals surface area contributed by atoms with Crippen molar-refractivity contribution in [2.45, 2.75) is 19.9 Å². The third kappa shape index (κ3) is 3.86. The van der Waals surface area contributed by atoms with E-state index in [4.69, 9.17) is 5.41 Å². The zero-order valence-corrected chi connectivity index (χ0v) is 11.6. The Morgan fingerprint density at radius 2 is 1.82 bits per heavy atom. The number of hydrogen-bond acceptors (Lipinski definition) is 1. The second-order valence-electron chi connectivity index (χ2n) is 3.99. The monoisotopic (exact) mass is 292 g/mol. The van der Waals surface area contributed by atoms with Crippen molar-refractivity contribution in [3.63, 3.8) is 0 Å². The molecule has 1 aromatic carbocycles. The van der Waals surface area contributed by atoms with Crippen molar-refractivity contribution in [1.82, 2.24) is 4.57 Å². The number of hydrogen-bond donors (Lipinski definition) is 1. The standard InChI is InChI=1S/C14H16N2.BrH/c1-12-11-14(15)8-10-16(12)9-7-13-5-3-2-4-6-13;/h2-6,8,10-11,15H,7,9H2,1H3;1H. The maximum Gasteiger partial charge on any atom is 0.0571 e. The van der Waals surface area contributed by atoms with Crippen molar-refractivity contribution in [1.29, 1.82) is 5.41 Å². The highest BCUT2D eigenvalue weighted by molar-refractivity contribution is 8.93. The van der Waals surface area contributed by atoms with E-state index in [0.717, 1.165) is 18.7 Å². The smallest absolute Gasteiger partial charge is 0.0571 e. The van der Waals surface area contributed by atoms with Gasteiger partial charge in [-0.3, -0.25) is 0 Å². The summed E-state index contributed by atoms with van der Waals surface area (Å²) < 4.78 is 2.19. The number of pyridine rings is 1. The molecule has 90 valence electrons. The Morgan fingerprint density at radius 3 is 2.47 bits per heavy atom. The van der Waals surface area contributed by atoms with Gasteiger partial charge in [0.15, 0.2) is 0 Å². The van der Waals surface area contributed by atoms with E-state index >= 15 is 0 Å². The third-order valence-corrected chi connectivity index (χ3v) is 2.74. The Labute approximate surface area is 112 Å². The van der Waals surface area contributed by atoms with Crippen molar-refractivity contribution < 1.29 is 0 Å². The summed E-state index contributed by atoms with van der Waals surface area (Å²) in [6, 6.07) is 14.2. The van der Waals surface area contributed by atoms with Crippen LogP contribution in [0.3, 0.4) is 0 Å². The van der Waals surface area contributed by atoms with Gasteiger partial charge in [0, 0.05) is 18.4 Å². The number of aryl methyl sites for hydroxylation is 3. The lowest BCUT2D eigenvalue weighted by Crippen LogP contribution is -2.10. The maximum absolute atomic E-state index is 7.52. The first kappa shape index (κ1) is 13.7. The molecular formula is C14H17BrN2. The molecule has 0 aliphatic rings. The Morgan fingerprint density at radius 1 is 1.12 bits per heavy atom. The Kier molecular flexibility index (Phi) is 5.16. The average Bonchev–Trinajstić information content (AvgIpc) is 2.29. The predicted octanol–water partition coefficient (Wildman–Crippen LogP) is 3.10. The molecule has 2 aromatic rings. The van der Waals surface area contributed by atoms with E-state index in [1.807, 2.05) is 31.3 Å². The van der Waals surface area contributed by atoms with Crippen LogP contribution in [0.4, 0.5) is 0 Å². The lowest BCUT2D eigenvalue weighted by Gasteiger charge is -2.10. The van der Waals surface area contributed by atoms with Crippen LogP contribution in [0.25, 0.3) is 0 Å². The minimum atomic E-state index is 0. The minimum absolute atomic E-state index is 0. The summed E-state index contributed by atoms with van der Waals surface area (Å²) in [5, 5.41) is 8.09. The molecule has 0 saturated carbocycles. The molecule has 1 aromatic heterocycles. The first-order valence-electron chi connectivity index (χ1n) is 5.51. The number of nitrogens with one attached hydrogen (secondary N) is 1. The minimum Gasteiger partial charge on any atom is -0.351 e. The fourth-order valence-electron chi connectivity index (χ4n) is 1.79. The van der Waals surface area contributed by atoms with Gasteiger partial charge < -0.3 is 9.98 Å². The van der Waals surface area contributed by atoms with E-state index in [1.54, 1.807) is 0 Å². The number of benzene rings is 1. The lowest BCUT2D eigenvalue weighted by atomic mass is 10.1. The summed E-state index contributed by atoms with van der Waals surface area (Å²) in [6.07, 6.45) is 3.02. The molecule has 2 rings (SSSR count). The van der Waals surface area contributed by atoms with E-state index in [-0.39, 0.29) is 17.0 Å². The second-order valence-corrected chi connectivity index (χ2v) is 3.99. The number of rotatable bonds is 3. The number of nitrogens with zero attached hydrogens (tertiary/aromatic N) is 1. The molecule has 17 heavy (non-hydrogen) atoms. The van der Waals surface area contributed by atoms with Crippen molar-refractivity contribution in [3.8, 4) is 0 Å². The third-order valence-electron chi connectivity index (χ3n) is 2.74. The summed E-state index contributed by atoms with van der Waals surface area (Å²) in [6.45, 7) is 3.01. The van der Waals surface area contributed by atoms with Crippen LogP contribution in [0, 0.1) is 12.3 Å². The molecule has 0 spiro atoms. The first-order valence-corrected chi connectivity index (χ1v) is 5.51. The fourth-order valence-corrected chi connectivity index (χ4v) is 1.79. The van der Waals surface area contributed by atoms with Gasteiger partial charge in [0.1, 0.15) is 0 Å². The molecule has 0 aliphatic heterocycles. The predicted molar refractivity (Wildman–Crippen MR) is 75.5 cm³/mol. The Bertz CT molecular complexity index is 517. The van der Waals surface area contributed by atoms with E-state index in [2.05, 4.69) is 28.8 Å². The molecule has 0 bridgehead atoms. The van der Waals surface area contributed by atoms with Gasteiger partial charge >= 0.3 is 0 Å². The van der Waals surface area contributed by atoms with Gasteiger partial charge in [-0.2, -0.15) is 0 Å². The summed E-state index contributed by atoms with van der Waals surface area (Å²) in [5.41, 5.74) is 2.49. The second kappa shape index (κ2) is 6.40. The molecule has 0 radical (unpaired) electrons. The molecule has 0 fully saturated rings. The van der Waals surface area contributed by atoms with Crippen LogP contribution in [0.1, 0.15) is 11.3 Å². The van der Waals surface area contributed by atoms with Gasteiger partial charge in [0.25, 0.3) is 0 Å². The summed E-state index contributed by atoms with van der Waals surface area (Å²) in [7, 11) is 0. The molecule has 0 aliphatic carbocycles. The summed E-state index contributed by atoms with van der Waals surface area (Å²) in [4.78, 5) is 0. The lowest BCUT2D eigenvalue weighted by molar-refractivity contribution is 0.668.